The molecule has 2 aromatic heterocycles. The van der Waals surface area contributed by atoms with Crippen LogP contribution in [0.1, 0.15) is 31.1 Å². The topological polar surface area (TPSA) is 85.1 Å². The van der Waals surface area contributed by atoms with Crippen molar-refractivity contribution in [3.8, 4) is 5.75 Å². The molecule has 1 aliphatic heterocycles. The van der Waals surface area contributed by atoms with Gasteiger partial charge in [0.25, 0.3) is 0 Å². The zero-order valence-electron chi connectivity index (χ0n) is 13.5. The van der Waals surface area contributed by atoms with E-state index in [1.54, 1.807) is 24.5 Å². The summed E-state index contributed by atoms with van der Waals surface area (Å²) in [5.41, 5.74) is 2.10. The smallest absolute Gasteiger partial charge is 0.167 e. The fourth-order valence-electron chi connectivity index (χ4n) is 3.02. The Morgan fingerprint density at radius 3 is 3.04 bits per heavy atom. The maximum Gasteiger partial charge on any atom is 0.167 e. The first-order chi connectivity index (χ1) is 12.2. The number of hydrogen-bond donors (Lipinski definition) is 2. The predicted molar refractivity (Wildman–Crippen MR) is 94.6 cm³/mol. The average molecular weight is 360 g/mol. The second kappa shape index (κ2) is 6.85. The van der Waals surface area contributed by atoms with Gasteiger partial charge in [0.1, 0.15) is 18.3 Å². The number of imidazole rings is 1. The fraction of sp³-hybridized carbons (Fsp3) is 0.353. The lowest BCUT2D eigenvalue weighted by molar-refractivity contribution is -0.0298. The molecule has 1 atom stereocenters. The number of hydrogen-bond acceptors (Lipinski definition) is 6. The summed E-state index contributed by atoms with van der Waals surface area (Å²) < 4.78 is 7.78. The van der Waals surface area contributed by atoms with Crippen LogP contribution in [0, 0.1) is 0 Å². The van der Waals surface area contributed by atoms with E-state index in [4.69, 9.17) is 16.3 Å². The van der Waals surface area contributed by atoms with Gasteiger partial charge < -0.3 is 15.2 Å². The van der Waals surface area contributed by atoms with E-state index in [1.165, 1.54) is 6.33 Å². The largest absolute Gasteiger partial charge is 0.506 e. The van der Waals surface area contributed by atoms with Crippen molar-refractivity contribution in [1.29, 1.82) is 0 Å². The molecule has 8 heteroatoms. The van der Waals surface area contributed by atoms with E-state index in [2.05, 4.69) is 20.3 Å². The minimum Gasteiger partial charge on any atom is -0.506 e. The lowest BCUT2D eigenvalue weighted by Gasteiger charge is -2.23. The molecule has 4 rings (SSSR count). The van der Waals surface area contributed by atoms with Gasteiger partial charge in [-0.2, -0.15) is 0 Å². The van der Waals surface area contributed by atoms with E-state index in [1.807, 2.05) is 4.57 Å². The molecule has 0 radical (unpaired) electrons. The second-order valence-corrected chi connectivity index (χ2v) is 6.38. The molecule has 3 aromatic rings. The van der Waals surface area contributed by atoms with Crippen molar-refractivity contribution in [2.24, 2.45) is 0 Å². The van der Waals surface area contributed by atoms with Crippen molar-refractivity contribution in [2.45, 2.75) is 32.0 Å². The Morgan fingerprint density at radius 1 is 1.28 bits per heavy atom. The molecule has 1 aliphatic rings. The molecule has 0 spiro atoms. The van der Waals surface area contributed by atoms with Crippen molar-refractivity contribution in [3.05, 3.63) is 41.4 Å². The monoisotopic (exact) mass is 359 g/mol. The van der Waals surface area contributed by atoms with E-state index in [9.17, 15) is 5.11 Å². The molecular weight excluding hydrogens is 342 g/mol. The number of ether oxygens (including phenoxy) is 1. The quantitative estimate of drug-likeness (QED) is 0.741. The van der Waals surface area contributed by atoms with Gasteiger partial charge in [-0.3, -0.25) is 4.57 Å². The van der Waals surface area contributed by atoms with Gasteiger partial charge in [0.2, 0.25) is 0 Å². The summed E-state index contributed by atoms with van der Waals surface area (Å²) in [5, 5.41) is 13.5. The lowest BCUT2D eigenvalue weighted by Crippen LogP contribution is -2.17. The predicted octanol–water partition coefficient (Wildman–Crippen LogP) is 3.50. The van der Waals surface area contributed by atoms with Crippen LogP contribution in [0.2, 0.25) is 5.02 Å². The summed E-state index contributed by atoms with van der Waals surface area (Å²) in [7, 11) is 0. The zero-order valence-corrected chi connectivity index (χ0v) is 14.3. The zero-order chi connectivity index (χ0) is 17.2. The number of aromatic hydroxyl groups is 1. The first kappa shape index (κ1) is 16.1. The summed E-state index contributed by atoms with van der Waals surface area (Å²) in [6.07, 6.45) is 6.40. The molecule has 25 heavy (non-hydrogen) atoms. The molecule has 3 heterocycles. The van der Waals surface area contributed by atoms with E-state index < -0.39 is 0 Å². The highest BCUT2D eigenvalue weighted by molar-refractivity contribution is 6.32. The minimum atomic E-state index is -0.0292. The van der Waals surface area contributed by atoms with Crippen LogP contribution in [-0.4, -0.2) is 31.2 Å². The Morgan fingerprint density at radius 2 is 2.20 bits per heavy atom. The van der Waals surface area contributed by atoms with Gasteiger partial charge in [-0.15, -0.1) is 0 Å². The van der Waals surface area contributed by atoms with Gasteiger partial charge in [0.05, 0.1) is 11.3 Å². The SMILES string of the molecule is Oc1c(Cl)cccc1CNc1ncnc2c1ncn2C1CCCCO1. The van der Waals surface area contributed by atoms with Crippen molar-refractivity contribution in [1.82, 2.24) is 19.5 Å². The van der Waals surface area contributed by atoms with Crippen LogP contribution in [0.5, 0.6) is 5.75 Å². The summed E-state index contributed by atoms with van der Waals surface area (Å²) in [5.74, 6) is 0.682. The van der Waals surface area contributed by atoms with Crippen LogP contribution in [0.25, 0.3) is 11.2 Å². The number of anilines is 1. The van der Waals surface area contributed by atoms with E-state index >= 15 is 0 Å². The minimum absolute atomic E-state index is 0.0292. The van der Waals surface area contributed by atoms with Crippen LogP contribution < -0.4 is 5.32 Å². The molecule has 1 unspecified atom stereocenters. The number of phenolic OH excluding ortho intramolecular Hbond substituents is 1. The Balaban J connectivity index is 1.60. The third-order valence-corrected chi connectivity index (χ3v) is 4.65. The van der Waals surface area contributed by atoms with E-state index in [0.717, 1.165) is 31.5 Å². The number of para-hydroxylation sites is 1. The Hall–Kier alpha value is -2.38. The number of nitrogens with zero attached hydrogens (tertiary/aromatic N) is 4. The second-order valence-electron chi connectivity index (χ2n) is 5.97. The summed E-state index contributed by atoms with van der Waals surface area (Å²) in [6.45, 7) is 1.14. The van der Waals surface area contributed by atoms with E-state index in [-0.39, 0.29) is 12.0 Å². The summed E-state index contributed by atoms with van der Waals surface area (Å²) in [4.78, 5) is 13.1. The number of nitrogens with one attached hydrogen (secondary N) is 1. The molecule has 7 nitrogen and oxygen atoms in total. The number of halogens is 1. The molecule has 0 saturated carbocycles. The standard InChI is InChI=1S/C17H18ClN5O2/c18-12-5-3-4-11(15(12)24)8-19-16-14-17(21-9-20-16)23(10-22-14)13-6-1-2-7-25-13/h3-5,9-10,13,24H,1-2,6-8H2,(H,19,20,21). The average Bonchev–Trinajstić information content (AvgIpc) is 3.08. The maximum atomic E-state index is 10.0. The molecule has 0 amide bonds. The molecule has 0 aliphatic carbocycles. The van der Waals surface area contributed by atoms with Crippen molar-refractivity contribution < 1.29 is 9.84 Å². The van der Waals surface area contributed by atoms with Crippen molar-refractivity contribution in [2.75, 3.05) is 11.9 Å². The van der Waals surface area contributed by atoms with Gasteiger partial charge >= 0.3 is 0 Å². The Bertz CT molecular complexity index is 892. The van der Waals surface area contributed by atoms with Gasteiger partial charge in [-0.05, 0) is 25.3 Å². The summed E-state index contributed by atoms with van der Waals surface area (Å²) in [6, 6.07) is 5.25. The van der Waals surface area contributed by atoms with E-state index in [0.29, 0.717) is 28.5 Å². The molecule has 0 bridgehead atoms. The van der Waals surface area contributed by atoms with Crippen LogP contribution in [0.3, 0.4) is 0 Å². The molecule has 1 aromatic carbocycles. The first-order valence-electron chi connectivity index (χ1n) is 8.23. The highest BCUT2D eigenvalue weighted by atomic mass is 35.5. The van der Waals surface area contributed by atoms with Gasteiger partial charge in [0.15, 0.2) is 17.0 Å². The van der Waals surface area contributed by atoms with Gasteiger partial charge in [-0.1, -0.05) is 23.7 Å². The highest BCUT2D eigenvalue weighted by Crippen LogP contribution is 2.29. The summed E-state index contributed by atoms with van der Waals surface area (Å²) >= 11 is 5.95. The highest BCUT2D eigenvalue weighted by Gasteiger charge is 2.20. The van der Waals surface area contributed by atoms with Gasteiger partial charge in [-0.25, -0.2) is 15.0 Å². The molecular formula is C17H18ClN5O2. The third kappa shape index (κ3) is 3.12. The number of rotatable bonds is 4. The van der Waals surface area contributed by atoms with Crippen molar-refractivity contribution in [3.63, 3.8) is 0 Å². The number of fused-ring (bicyclic) bond motifs is 1. The van der Waals surface area contributed by atoms with Crippen LogP contribution >= 0.6 is 11.6 Å². The Labute approximate surface area is 149 Å². The number of aromatic nitrogens is 4. The van der Waals surface area contributed by atoms with Crippen LogP contribution in [0.15, 0.2) is 30.9 Å². The molecule has 130 valence electrons. The molecule has 2 N–H and O–H groups in total. The third-order valence-electron chi connectivity index (χ3n) is 4.34. The van der Waals surface area contributed by atoms with Crippen LogP contribution in [-0.2, 0) is 11.3 Å². The first-order valence-corrected chi connectivity index (χ1v) is 8.61. The van der Waals surface area contributed by atoms with Gasteiger partial charge in [0, 0.05) is 18.7 Å². The maximum absolute atomic E-state index is 10.0. The molecule has 1 saturated heterocycles. The number of benzene rings is 1. The normalized spacial score (nSPS) is 17.7. The Kier molecular flexibility index (Phi) is 4.42. The fourth-order valence-corrected chi connectivity index (χ4v) is 3.21. The number of phenols is 1. The molecule has 1 fully saturated rings. The van der Waals surface area contributed by atoms with Crippen LogP contribution in [0.4, 0.5) is 5.82 Å². The lowest BCUT2D eigenvalue weighted by atomic mass is 10.2. The van der Waals surface area contributed by atoms with Crippen molar-refractivity contribution >= 4 is 28.6 Å².